The summed E-state index contributed by atoms with van der Waals surface area (Å²) in [6.45, 7) is 3.77. The summed E-state index contributed by atoms with van der Waals surface area (Å²) in [6.07, 6.45) is 3.16. The zero-order valence-electron chi connectivity index (χ0n) is 14.8. The Balaban J connectivity index is 1.57. The Hall–Kier alpha value is -3.07. The SMILES string of the molecule is C=Cc1ccc(-c2ccc([C@H]3CCC(c4c(F)cccc4F)=N3)cc2)cc1. The molecule has 1 aliphatic rings. The zero-order valence-corrected chi connectivity index (χ0v) is 14.8. The molecule has 0 saturated heterocycles. The molecule has 27 heavy (non-hydrogen) atoms. The summed E-state index contributed by atoms with van der Waals surface area (Å²) in [7, 11) is 0. The van der Waals surface area contributed by atoms with Crippen molar-refractivity contribution >= 4 is 11.8 Å². The number of aliphatic imine (C=N–C) groups is 1. The van der Waals surface area contributed by atoms with Gasteiger partial charge in [0.25, 0.3) is 0 Å². The second-order valence-corrected chi connectivity index (χ2v) is 6.68. The molecule has 1 aliphatic heterocycles. The summed E-state index contributed by atoms with van der Waals surface area (Å²) in [4.78, 5) is 4.60. The molecule has 134 valence electrons. The Labute approximate surface area is 157 Å². The molecule has 0 spiro atoms. The number of hydrogen-bond donors (Lipinski definition) is 0. The molecule has 4 rings (SSSR count). The first-order chi connectivity index (χ1) is 13.2. The van der Waals surface area contributed by atoms with Gasteiger partial charge >= 0.3 is 0 Å². The van der Waals surface area contributed by atoms with Gasteiger partial charge in [-0.3, -0.25) is 4.99 Å². The molecule has 0 amide bonds. The van der Waals surface area contributed by atoms with Gasteiger partial charge in [-0.15, -0.1) is 0 Å². The third-order valence-corrected chi connectivity index (χ3v) is 4.99. The first-order valence-electron chi connectivity index (χ1n) is 8.99. The minimum atomic E-state index is -0.548. The van der Waals surface area contributed by atoms with Gasteiger partial charge in [0.2, 0.25) is 0 Å². The van der Waals surface area contributed by atoms with Gasteiger partial charge in [-0.1, -0.05) is 67.3 Å². The molecule has 1 atom stereocenters. The van der Waals surface area contributed by atoms with E-state index in [1.165, 1.54) is 18.2 Å². The predicted molar refractivity (Wildman–Crippen MR) is 107 cm³/mol. The van der Waals surface area contributed by atoms with Crippen LogP contribution in [0.2, 0.25) is 0 Å². The normalized spacial score (nSPS) is 16.2. The van der Waals surface area contributed by atoms with Crippen LogP contribution in [0.25, 0.3) is 17.2 Å². The Bertz CT molecular complexity index is 981. The second kappa shape index (κ2) is 7.28. The van der Waals surface area contributed by atoms with Crippen molar-refractivity contribution in [2.24, 2.45) is 4.99 Å². The molecule has 1 heterocycles. The van der Waals surface area contributed by atoms with E-state index in [1.54, 1.807) is 0 Å². The smallest absolute Gasteiger partial charge is 0.135 e. The van der Waals surface area contributed by atoms with E-state index in [4.69, 9.17) is 0 Å². The van der Waals surface area contributed by atoms with Gasteiger partial charge in [-0.25, -0.2) is 8.78 Å². The van der Waals surface area contributed by atoms with Crippen LogP contribution in [0.15, 0.2) is 78.3 Å². The molecule has 0 radical (unpaired) electrons. The predicted octanol–water partition coefficient (Wildman–Crippen LogP) is 6.60. The van der Waals surface area contributed by atoms with Crippen molar-refractivity contribution in [1.29, 1.82) is 0 Å². The second-order valence-electron chi connectivity index (χ2n) is 6.68. The van der Waals surface area contributed by atoms with Gasteiger partial charge in [0.15, 0.2) is 0 Å². The first kappa shape index (κ1) is 17.3. The quantitative estimate of drug-likeness (QED) is 0.498. The van der Waals surface area contributed by atoms with Crippen molar-refractivity contribution in [3.63, 3.8) is 0 Å². The molecule has 0 saturated carbocycles. The topological polar surface area (TPSA) is 12.4 Å². The maximum Gasteiger partial charge on any atom is 0.135 e. The molecule has 0 fully saturated rings. The molecular formula is C24H19F2N. The van der Waals surface area contributed by atoms with Gasteiger partial charge in [0.05, 0.1) is 11.6 Å². The van der Waals surface area contributed by atoms with Gasteiger partial charge < -0.3 is 0 Å². The van der Waals surface area contributed by atoms with Crippen molar-refractivity contribution in [3.8, 4) is 11.1 Å². The molecule has 0 aromatic heterocycles. The fourth-order valence-corrected chi connectivity index (χ4v) is 3.50. The van der Waals surface area contributed by atoms with Crippen molar-refractivity contribution in [1.82, 2.24) is 0 Å². The van der Waals surface area contributed by atoms with Crippen LogP contribution in [0.4, 0.5) is 8.78 Å². The summed E-state index contributed by atoms with van der Waals surface area (Å²) in [5.74, 6) is -1.10. The molecule has 0 N–H and O–H groups in total. The highest BCUT2D eigenvalue weighted by molar-refractivity contribution is 6.02. The van der Waals surface area contributed by atoms with Crippen molar-refractivity contribution < 1.29 is 8.78 Å². The molecule has 0 aliphatic carbocycles. The molecule has 1 nitrogen and oxygen atoms in total. The van der Waals surface area contributed by atoms with Gasteiger partial charge in [-0.05, 0) is 47.2 Å². The maximum atomic E-state index is 14.0. The summed E-state index contributed by atoms with van der Waals surface area (Å²) in [6, 6.07) is 20.3. The lowest BCUT2D eigenvalue weighted by Gasteiger charge is -2.09. The van der Waals surface area contributed by atoms with Crippen LogP contribution in [0.1, 0.15) is 35.6 Å². The van der Waals surface area contributed by atoms with E-state index in [9.17, 15) is 8.78 Å². The number of hydrogen-bond acceptors (Lipinski definition) is 1. The Morgan fingerprint density at radius 2 is 1.44 bits per heavy atom. The molecule has 3 heteroatoms. The van der Waals surface area contributed by atoms with Crippen LogP contribution in [0, 0.1) is 11.6 Å². The molecular weight excluding hydrogens is 340 g/mol. The van der Waals surface area contributed by atoms with Gasteiger partial charge in [0.1, 0.15) is 11.6 Å². The standard InChI is InChI=1S/C24H19F2N/c1-2-16-6-8-17(9-7-16)18-10-12-19(13-11-18)22-14-15-23(27-22)24-20(25)4-3-5-21(24)26/h2-13,22H,1,14-15H2/t22-/m1/s1. The summed E-state index contributed by atoms with van der Waals surface area (Å²) in [5.41, 5.74) is 4.93. The highest BCUT2D eigenvalue weighted by Gasteiger charge is 2.24. The number of rotatable bonds is 4. The van der Waals surface area contributed by atoms with Crippen LogP contribution in [0.3, 0.4) is 0 Å². The lowest BCUT2D eigenvalue weighted by atomic mass is 9.98. The average molecular weight is 359 g/mol. The van der Waals surface area contributed by atoms with Gasteiger partial charge in [-0.2, -0.15) is 0 Å². The minimum Gasteiger partial charge on any atom is -0.281 e. The van der Waals surface area contributed by atoms with E-state index >= 15 is 0 Å². The fraction of sp³-hybridized carbons (Fsp3) is 0.125. The van der Waals surface area contributed by atoms with Crippen LogP contribution >= 0.6 is 0 Å². The first-order valence-corrected chi connectivity index (χ1v) is 8.99. The highest BCUT2D eigenvalue weighted by Crippen LogP contribution is 2.33. The Kier molecular flexibility index (Phi) is 4.68. The van der Waals surface area contributed by atoms with E-state index in [0.29, 0.717) is 12.1 Å². The fourth-order valence-electron chi connectivity index (χ4n) is 3.50. The largest absolute Gasteiger partial charge is 0.281 e. The zero-order chi connectivity index (χ0) is 18.8. The molecule has 0 unspecified atom stereocenters. The number of nitrogens with zero attached hydrogens (tertiary/aromatic N) is 1. The third kappa shape index (κ3) is 3.45. The average Bonchev–Trinajstić information content (AvgIpc) is 3.18. The lowest BCUT2D eigenvalue weighted by Crippen LogP contribution is -2.03. The van der Waals surface area contributed by atoms with Crippen molar-refractivity contribution in [2.75, 3.05) is 0 Å². The summed E-state index contributed by atoms with van der Waals surface area (Å²) in [5, 5.41) is 0. The highest BCUT2D eigenvalue weighted by atomic mass is 19.1. The van der Waals surface area contributed by atoms with E-state index in [1.807, 2.05) is 30.3 Å². The van der Waals surface area contributed by atoms with E-state index < -0.39 is 11.6 Å². The number of benzene rings is 3. The molecule has 3 aromatic carbocycles. The maximum absolute atomic E-state index is 14.0. The van der Waals surface area contributed by atoms with Crippen LogP contribution in [0.5, 0.6) is 0 Å². The number of halogens is 2. The van der Waals surface area contributed by atoms with E-state index in [-0.39, 0.29) is 11.6 Å². The monoisotopic (exact) mass is 359 g/mol. The lowest BCUT2D eigenvalue weighted by molar-refractivity contribution is 0.578. The summed E-state index contributed by atoms with van der Waals surface area (Å²) >= 11 is 0. The molecule has 0 bridgehead atoms. The molecule has 3 aromatic rings. The summed E-state index contributed by atoms with van der Waals surface area (Å²) < 4.78 is 28.0. The van der Waals surface area contributed by atoms with Crippen LogP contribution in [-0.4, -0.2) is 5.71 Å². The van der Waals surface area contributed by atoms with E-state index in [0.717, 1.165) is 28.7 Å². The van der Waals surface area contributed by atoms with Crippen LogP contribution in [-0.2, 0) is 0 Å². The van der Waals surface area contributed by atoms with E-state index in [2.05, 4.69) is 35.8 Å². The van der Waals surface area contributed by atoms with Crippen molar-refractivity contribution in [3.05, 3.63) is 102 Å². The minimum absolute atomic E-state index is 0.0129. The van der Waals surface area contributed by atoms with Crippen molar-refractivity contribution in [2.45, 2.75) is 18.9 Å². The Morgan fingerprint density at radius 1 is 0.852 bits per heavy atom. The van der Waals surface area contributed by atoms with Crippen LogP contribution < -0.4 is 0 Å². The third-order valence-electron chi connectivity index (χ3n) is 4.99. The Morgan fingerprint density at radius 3 is 2.04 bits per heavy atom. The van der Waals surface area contributed by atoms with Gasteiger partial charge in [0, 0.05) is 5.71 Å².